The molecule has 1 amide bonds. The molecule has 33 heavy (non-hydrogen) atoms. The van der Waals surface area contributed by atoms with Gasteiger partial charge in [-0.15, -0.1) is 0 Å². The Kier molecular flexibility index (Phi) is 7.23. The molecule has 0 aliphatic carbocycles. The van der Waals surface area contributed by atoms with Crippen molar-refractivity contribution in [1.29, 1.82) is 0 Å². The Morgan fingerprint density at radius 3 is 3.00 bits per heavy atom. The van der Waals surface area contributed by atoms with Crippen molar-refractivity contribution in [2.75, 3.05) is 43.4 Å². The minimum absolute atomic E-state index is 0.0312. The van der Waals surface area contributed by atoms with Gasteiger partial charge in [0.05, 0.1) is 23.8 Å². The lowest BCUT2D eigenvalue weighted by Crippen LogP contribution is -2.44. The standard InChI is InChI=1S/C23H33N9O/c1-4-20(33)31-11-7-8-17(15-31)26-22-19-9-10-24-21(19)28-23(29-22)27-18-14-25-32(16-18)13-12-30(5-2)6-3/h4,9-10,14,16-17H,1,5-8,11-13,15H2,2-3H3,(H3,24,26,27,28,29). The zero-order valence-corrected chi connectivity index (χ0v) is 19.4. The van der Waals surface area contributed by atoms with E-state index in [-0.39, 0.29) is 11.9 Å². The van der Waals surface area contributed by atoms with Crippen LogP contribution in [-0.4, -0.2) is 79.2 Å². The number of anilines is 3. The zero-order chi connectivity index (χ0) is 23.2. The number of likely N-dealkylation sites (N-methyl/N-ethyl adjacent to an activating group) is 1. The number of carbonyl (C=O) groups excluding carboxylic acids is 1. The van der Waals surface area contributed by atoms with Crippen LogP contribution in [-0.2, 0) is 11.3 Å². The maximum Gasteiger partial charge on any atom is 0.246 e. The average Bonchev–Trinajstić information content (AvgIpc) is 3.49. The summed E-state index contributed by atoms with van der Waals surface area (Å²) in [6.07, 6.45) is 8.90. The van der Waals surface area contributed by atoms with Crippen LogP contribution in [0.5, 0.6) is 0 Å². The summed E-state index contributed by atoms with van der Waals surface area (Å²) in [5, 5.41) is 12.2. The van der Waals surface area contributed by atoms with Gasteiger partial charge in [0.2, 0.25) is 11.9 Å². The van der Waals surface area contributed by atoms with E-state index in [0.29, 0.717) is 12.5 Å². The van der Waals surface area contributed by atoms with Crippen LogP contribution in [0.25, 0.3) is 11.0 Å². The number of piperidine rings is 1. The fourth-order valence-corrected chi connectivity index (χ4v) is 4.19. The van der Waals surface area contributed by atoms with Crippen molar-refractivity contribution >= 4 is 34.4 Å². The molecule has 3 N–H and O–H groups in total. The van der Waals surface area contributed by atoms with Gasteiger partial charge in [-0.3, -0.25) is 9.48 Å². The number of aromatic amines is 1. The maximum atomic E-state index is 12.0. The van der Waals surface area contributed by atoms with E-state index in [9.17, 15) is 4.79 Å². The molecule has 0 spiro atoms. The molecule has 4 rings (SSSR count). The number of carbonyl (C=O) groups is 1. The van der Waals surface area contributed by atoms with Gasteiger partial charge in [0.15, 0.2) is 0 Å². The number of rotatable bonds is 10. The van der Waals surface area contributed by atoms with E-state index in [1.807, 2.05) is 28.0 Å². The molecule has 1 aliphatic heterocycles. The van der Waals surface area contributed by atoms with E-state index in [1.54, 1.807) is 6.20 Å². The maximum absolute atomic E-state index is 12.0. The van der Waals surface area contributed by atoms with Crippen LogP contribution in [0, 0.1) is 0 Å². The number of fused-ring (bicyclic) bond motifs is 1. The van der Waals surface area contributed by atoms with Crippen LogP contribution in [0.2, 0.25) is 0 Å². The van der Waals surface area contributed by atoms with Crippen LogP contribution in [0.15, 0.2) is 37.3 Å². The molecule has 0 radical (unpaired) electrons. The van der Waals surface area contributed by atoms with Crippen molar-refractivity contribution in [3.63, 3.8) is 0 Å². The second-order valence-electron chi connectivity index (χ2n) is 8.25. The molecule has 1 unspecified atom stereocenters. The van der Waals surface area contributed by atoms with Gasteiger partial charge in [0.25, 0.3) is 0 Å². The second-order valence-corrected chi connectivity index (χ2v) is 8.25. The highest BCUT2D eigenvalue weighted by Crippen LogP contribution is 2.25. The first-order chi connectivity index (χ1) is 16.1. The Hall–Kier alpha value is -3.40. The number of hydrogen-bond donors (Lipinski definition) is 3. The largest absolute Gasteiger partial charge is 0.365 e. The van der Waals surface area contributed by atoms with Crippen molar-refractivity contribution in [3.05, 3.63) is 37.3 Å². The van der Waals surface area contributed by atoms with Crippen LogP contribution < -0.4 is 10.6 Å². The van der Waals surface area contributed by atoms with Gasteiger partial charge >= 0.3 is 0 Å². The average molecular weight is 452 g/mol. The normalized spacial score (nSPS) is 16.3. The summed E-state index contributed by atoms with van der Waals surface area (Å²) in [5.74, 6) is 1.21. The predicted octanol–water partition coefficient (Wildman–Crippen LogP) is 2.83. The van der Waals surface area contributed by atoms with Crippen LogP contribution in [0.1, 0.15) is 26.7 Å². The summed E-state index contributed by atoms with van der Waals surface area (Å²) in [7, 11) is 0. The highest BCUT2D eigenvalue weighted by molar-refractivity contribution is 5.89. The minimum Gasteiger partial charge on any atom is -0.365 e. The Morgan fingerprint density at radius 1 is 1.36 bits per heavy atom. The molecule has 0 bridgehead atoms. The first-order valence-corrected chi connectivity index (χ1v) is 11.6. The fraction of sp³-hybridized carbons (Fsp3) is 0.478. The zero-order valence-electron chi connectivity index (χ0n) is 19.4. The van der Waals surface area contributed by atoms with Gasteiger partial charge < -0.3 is 25.4 Å². The Balaban J connectivity index is 1.47. The van der Waals surface area contributed by atoms with Crippen LogP contribution in [0.4, 0.5) is 17.5 Å². The van der Waals surface area contributed by atoms with E-state index in [2.05, 4.69) is 51.0 Å². The summed E-state index contributed by atoms with van der Waals surface area (Å²) >= 11 is 0. The highest BCUT2D eigenvalue weighted by Gasteiger charge is 2.23. The molecular weight excluding hydrogens is 418 g/mol. The summed E-state index contributed by atoms with van der Waals surface area (Å²) in [5.41, 5.74) is 1.59. The highest BCUT2D eigenvalue weighted by atomic mass is 16.2. The third kappa shape index (κ3) is 5.51. The van der Waals surface area contributed by atoms with Crippen LogP contribution in [0.3, 0.4) is 0 Å². The second kappa shape index (κ2) is 10.5. The first kappa shape index (κ1) is 22.8. The molecule has 4 heterocycles. The molecule has 3 aromatic heterocycles. The number of amides is 1. The van der Waals surface area contributed by atoms with Gasteiger partial charge in [0.1, 0.15) is 11.5 Å². The van der Waals surface area contributed by atoms with Crippen molar-refractivity contribution in [3.8, 4) is 0 Å². The number of nitrogens with one attached hydrogen (secondary N) is 3. The Bertz CT molecular complexity index is 1080. The van der Waals surface area contributed by atoms with Gasteiger partial charge in [0, 0.05) is 38.1 Å². The number of aromatic nitrogens is 5. The summed E-state index contributed by atoms with van der Waals surface area (Å²) in [4.78, 5) is 28.8. The number of nitrogens with zero attached hydrogens (tertiary/aromatic N) is 6. The third-order valence-electron chi connectivity index (χ3n) is 6.09. The van der Waals surface area contributed by atoms with Gasteiger partial charge in [-0.25, -0.2) is 0 Å². The molecule has 10 heteroatoms. The SMILES string of the molecule is C=CC(=O)N1CCCC(Nc2nc(Nc3cnn(CCN(CC)CC)c3)nc3[nH]ccc23)C1. The molecule has 176 valence electrons. The number of hydrogen-bond acceptors (Lipinski definition) is 7. The quantitative estimate of drug-likeness (QED) is 0.407. The molecule has 1 fully saturated rings. The molecular formula is C23H33N9O. The minimum atomic E-state index is -0.0312. The summed E-state index contributed by atoms with van der Waals surface area (Å²) in [6.45, 7) is 13.2. The molecule has 10 nitrogen and oxygen atoms in total. The smallest absolute Gasteiger partial charge is 0.246 e. The van der Waals surface area contributed by atoms with Gasteiger partial charge in [-0.05, 0) is 38.1 Å². The first-order valence-electron chi connectivity index (χ1n) is 11.6. The summed E-state index contributed by atoms with van der Waals surface area (Å²) in [6, 6.07) is 2.08. The van der Waals surface area contributed by atoms with Crippen molar-refractivity contribution < 1.29 is 4.79 Å². The molecule has 1 atom stereocenters. The fourth-order valence-electron chi connectivity index (χ4n) is 4.19. The number of likely N-dealkylation sites (tertiary alicyclic amines) is 1. The van der Waals surface area contributed by atoms with E-state index in [0.717, 1.165) is 68.1 Å². The van der Waals surface area contributed by atoms with Crippen molar-refractivity contribution in [2.45, 2.75) is 39.3 Å². The van der Waals surface area contributed by atoms with Gasteiger partial charge in [-0.1, -0.05) is 20.4 Å². The van der Waals surface area contributed by atoms with E-state index >= 15 is 0 Å². The van der Waals surface area contributed by atoms with Crippen LogP contribution >= 0.6 is 0 Å². The molecule has 0 saturated carbocycles. The lowest BCUT2D eigenvalue weighted by atomic mass is 10.1. The van der Waals surface area contributed by atoms with Gasteiger partial charge in [-0.2, -0.15) is 15.1 Å². The lowest BCUT2D eigenvalue weighted by Gasteiger charge is -2.33. The van der Waals surface area contributed by atoms with Crippen molar-refractivity contribution in [1.82, 2.24) is 34.5 Å². The monoisotopic (exact) mass is 451 g/mol. The Labute approximate surface area is 194 Å². The lowest BCUT2D eigenvalue weighted by molar-refractivity contribution is -0.127. The van der Waals surface area contributed by atoms with E-state index in [1.165, 1.54) is 6.08 Å². The third-order valence-corrected chi connectivity index (χ3v) is 6.09. The topological polar surface area (TPSA) is 107 Å². The predicted molar refractivity (Wildman–Crippen MR) is 131 cm³/mol. The number of H-pyrrole nitrogens is 1. The Morgan fingerprint density at radius 2 is 2.21 bits per heavy atom. The molecule has 1 aliphatic rings. The van der Waals surface area contributed by atoms with E-state index in [4.69, 9.17) is 4.98 Å². The van der Waals surface area contributed by atoms with Crippen molar-refractivity contribution in [2.24, 2.45) is 0 Å². The molecule has 1 saturated heterocycles. The molecule has 0 aromatic carbocycles. The molecule has 3 aromatic rings. The van der Waals surface area contributed by atoms with E-state index < -0.39 is 0 Å². The summed E-state index contributed by atoms with van der Waals surface area (Å²) < 4.78 is 1.93.